The van der Waals surface area contributed by atoms with E-state index in [4.69, 9.17) is 14.8 Å². The van der Waals surface area contributed by atoms with Crippen molar-refractivity contribution < 1.29 is 4.74 Å². The third-order valence-corrected chi connectivity index (χ3v) is 5.75. The standard InChI is InChI=1S/C26H24N4O/c1-18-23-24(19-14-16-22(31-3)17-15-19)29(2)25(20-10-6-4-7-11-20)27-26(23)30(28-18)21-12-8-5-9-13-21/h4-17,24H,1-3H3/t24-/m1/s1. The molecule has 154 valence electrons. The van der Waals surface area contributed by atoms with Gasteiger partial charge in [-0.25, -0.2) is 9.67 Å². The molecule has 0 N–H and O–H groups in total. The van der Waals surface area contributed by atoms with E-state index < -0.39 is 0 Å². The van der Waals surface area contributed by atoms with Crippen molar-refractivity contribution in [2.45, 2.75) is 13.0 Å². The number of rotatable bonds is 4. The zero-order valence-electron chi connectivity index (χ0n) is 17.9. The van der Waals surface area contributed by atoms with E-state index in [9.17, 15) is 0 Å². The lowest BCUT2D eigenvalue weighted by Crippen LogP contribution is -2.35. The van der Waals surface area contributed by atoms with Crippen molar-refractivity contribution in [2.75, 3.05) is 14.2 Å². The summed E-state index contributed by atoms with van der Waals surface area (Å²) in [6.45, 7) is 2.06. The summed E-state index contributed by atoms with van der Waals surface area (Å²) in [6.07, 6.45) is 0. The van der Waals surface area contributed by atoms with Gasteiger partial charge in [-0.15, -0.1) is 0 Å². The van der Waals surface area contributed by atoms with Crippen LogP contribution >= 0.6 is 0 Å². The second-order valence-corrected chi connectivity index (χ2v) is 7.66. The molecular formula is C26H24N4O. The highest BCUT2D eigenvalue weighted by Crippen LogP contribution is 2.42. The van der Waals surface area contributed by atoms with E-state index in [0.29, 0.717) is 0 Å². The Morgan fingerprint density at radius 1 is 0.839 bits per heavy atom. The van der Waals surface area contributed by atoms with E-state index in [0.717, 1.165) is 39.9 Å². The fourth-order valence-electron chi connectivity index (χ4n) is 4.23. The summed E-state index contributed by atoms with van der Waals surface area (Å²) in [5.74, 6) is 2.64. The fourth-order valence-corrected chi connectivity index (χ4v) is 4.23. The molecular weight excluding hydrogens is 384 g/mol. The summed E-state index contributed by atoms with van der Waals surface area (Å²) in [7, 11) is 3.79. The van der Waals surface area contributed by atoms with Gasteiger partial charge in [-0.1, -0.05) is 60.7 Å². The summed E-state index contributed by atoms with van der Waals surface area (Å²) >= 11 is 0. The summed E-state index contributed by atoms with van der Waals surface area (Å²) in [5.41, 5.74) is 5.34. The van der Waals surface area contributed by atoms with E-state index in [-0.39, 0.29) is 6.04 Å². The largest absolute Gasteiger partial charge is 0.497 e. The Kier molecular flexibility index (Phi) is 4.79. The first-order valence-corrected chi connectivity index (χ1v) is 10.3. The maximum atomic E-state index is 5.38. The lowest BCUT2D eigenvalue weighted by atomic mass is 9.94. The number of ether oxygens (including phenoxy) is 1. The summed E-state index contributed by atoms with van der Waals surface area (Å²) in [4.78, 5) is 7.36. The number of hydrogen-bond acceptors (Lipinski definition) is 4. The van der Waals surface area contributed by atoms with Gasteiger partial charge in [0.15, 0.2) is 5.82 Å². The molecule has 0 saturated heterocycles. The van der Waals surface area contributed by atoms with Crippen LogP contribution in [0.25, 0.3) is 5.69 Å². The quantitative estimate of drug-likeness (QED) is 0.460. The Labute approximate surface area is 182 Å². The van der Waals surface area contributed by atoms with Gasteiger partial charge in [0.1, 0.15) is 11.6 Å². The number of benzene rings is 3. The Balaban J connectivity index is 1.74. The molecule has 0 fully saturated rings. The van der Waals surface area contributed by atoms with Crippen molar-refractivity contribution in [3.05, 3.63) is 107 Å². The second-order valence-electron chi connectivity index (χ2n) is 7.66. The molecule has 1 atom stereocenters. The number of fused-ring (bicyclic) bond motifs is 1. The maximum Gasteiger partial charge on any atom is 0.163 e. The molecule has 0 radical (unpaired) electrons. The number of methoxy groups -OCH3 is 1. The third kappa shape index (κ3) is 3.28. The van der Waals surface area contributed by atoms with Crippen LogP contribution in [-0.4, -0.2) is 34.7 Å². The number of para-hydroxylation sites is 1. The molecule has 0 unspecified atom stereocenters. The van der Waals surface area contributed by atoms with Gasteiger partial charge in [0, 0.05) is 18.2 Å². The van der Waals surface area contributed by atoms with Crippen LogP contribution < -0.4 is 4.74 Å². The Morgan fingerprint density at radius 2 is 1.48 bits per heavy atom. The van der Waals surface area contributed by atoms with Crippen LogP contribution in [0.2, 0.25) is 0 Å². The average Bonchev–Trinajstić information content (AvgIpc) is 3.16. The van der Waals surface area contributed by atoms with Crippen LogP contribution in [0.1, 0.15) is 28.4 Å². The minimum absolute atomic E-state index is 0.00826. The normalized spacial score (nSPS) is 15.4. The Bertz CT molecular complexity index is 1230. The number of amidine groups is 1. The molecule has 3 aromatic carbocycles. The first-order chi connectivity index (χ1) is 15.2. The number of aliphatic imine (C=N–C) groups is 1. The van der Waals surface area contributed by atoms with Gasteiger partial charge in [0.2, 0.25) is 0 Å². The van der Waals surface area contributed by atoms with Crippen LogP contribution in [-0.2, 0) is 0 Å². The van der Waals surface area contributed by atoms with Gasteiger partial charge in [-0.05, 0) is 36.8 Å². The minimum atomic E-state index is -0.00826. The van der Waals surface area contributed by atoms with Crippen molar-refractivity contribution in [2.24, 2.45) is 4.99 Å². The molecule has 31 heavy (non-hydrogen) atoms. The first kappa shape index (κ1) is 19.1. The molecule has 0 saturated carbocycles. The van der Waals surface area contributed by atoms with Gasteiger partial charge in [0.25, 0.3) is 0 Å². The van der Waals surface area contributed by atoms with E-state index in [2.05, 4.69) is 55.3 Å². The number of nitrogens with zero attached hydrogens (tertiary/aromatic N) is 4. The van der Waals surface area contributed by atoms with E-state index in [1.54, 1.807) is 7.11 Å². The summed E-state index contributed by atoms with van der Waals surface area (Å²) in [6, 6.07) is 28.7. The SMILES string of the molecule is COc1ccc([C@@H]2c3c(C)nn(-c4ccccc4)c3N=C(c3ccccc3)N2C)cc1. The molecule has 1 aromatic heterocycles. The van der Waals surface area contributed by atoms with E-state index in [1.165, 1.54) is 5.56 Å². The Hall–Kier alpha value is -3.86. The molecule has 1 aliphatic heterocycles. The van der Waals surface area contributed by atoms with Crippen LogP contribution in [0, 0.1) is 6.92 Å². The van der Waals surface area contributed by atoms with Crippen molar-refractivity contribution >= 4 is 11.7 Å². The number of aromatic nitrogens is 2. The topological polar surface area (TPSA) is 42.6 Å². The van der Waals surface area contributed by atoms with Gasteiger partial charge < -0.3 is 9.64 Å². The molecule has 5 rings (SSSR count). The van der Waals surface area contributed by atoms with Gasteiger partial charge in [-0.3, -0.25) is 0 Å². The molecule has 0 bridgehead atoms. The molecule has 4 aromatic rings. The van der Waals surface area contributed by atoms with Crippen molar-refractivity contribution in [3.8, 4) is 11.4 Å². The zero-order chi connectivity index (χ0) is 21.4. The molecule has 5 nitrogen and oxygen atoms in total. The number of aryl methyl sites for hydroxylation is 1. The molecule has 2 heterocycles. The monoisotopic (exact) mass is 408 g/mol. The first-order valence-electron chi connectivity index (χ1n) is 10.3. The van der Waals surface area contributed by atoms with Crippen LogP contribution in [0.5, 0.6) is 5.75 Å². The van der Waals surface area contributed by atoms with Crippen molar-refractivity contribution in [3.63, 3.8) is 0 Å². The molecule has 5 heteroatoms. The average molecular weight is 409 g/mol. The van der Waals surface area contributed by atoms with Crippen LogP contribution in [0.15, 0.2) is 89.9 Å². The van der Waals surface area contributed by atoms with Gasteiger partial charge >= 0.3 is 0 Å². The third-order valence-electron chi connectivity index (χ3n) is 5.75. The lowest BCUT2D eigenvalue weighted by molar-refractivity contribution is 0.409. The predicted octanol–water partition coefficient (Wildman–Crippen LogP) is 5.30. The predicted molar refractivity (Wildman–Crippen MR) is 124 cm³/mol. The zero-order valence-corrected chi connectivity index (χ0v) is 17.9. The highest BCUT2D eigenvalue weighted by molar-refractivity contribution is 6.02. The molecule has 0 amide bonds. The van der Waals surface area contributed by atoms with E-state index >= 15 is 0 Å². The molecule has 1 aliphatic rings. The van der Waals surface area contributed by atoms with Gasteiger partial charge in [0.05, 0.1) is 24.5 Å². The van der Waals surface area contributed by atoms with Crippen molar-refractivity contribution in [1.29, 1.82) is 0 Å². The lowest BCUT2D eigenvalue weighted by Gasteiger charge is -2.35. The fraction of sp³-hybridized carbons (Fsp3) is 0.154. The molecule has 0 aliphatic carbocycles. The van der Waals surface area contributed by atoms with E-state index in [1.807, 2.05) is 53.2 Å². The summed E-state index contributed by atoms with van der Waals surface area (Å²) in [5, 5.41) is 4.89. The Morgan fingerprint density at radius 3 is 2.13 bits per heavy atom. The van der Waals surface area contributed by atoms with Gasteiger partial charge in [-0.2, -0.15) is 5.10 Å². The molecule has 0 spiro atoms. The summed E-state index contributed by atoms with van der Waals surface area (Å²) < 4.78 is 7.33. The highest BCUT2D eigenvalue weighted by atomic mass is 16.5. The second kappa shape index (κ2) is 7.76. The minimum Gasteiger partial charge on any atom is -0.497 e. The van der Waals surface area contributed by atoms with Crippen molar-refractivity contribution in [1.82, 2.24) is 14.7 Å². The van der Waals surface area contributed by atoms with Crippen LogP contribution in [0.4, 0.5) is 5.82 Å². The number of hydrogen-bond donors (Lipinski definition) is 0. The van der Waals surface area contributed by atoms with Crippen LogP contribution in [0.3, 0.4) is 0 Å². The maximum absolute atomic E-state index is 5.38. The highest BCUT2D eigenvalue weighted by Gasteiger charge is 2.34. The smallest absolute Gasteiger partial charge is 0.163 e.